The Labute approximate surface area is 155 Å². The van der Waals surface area contributed by atoms with E-state index in [1.54, 1.807) is 11.0 Å². The van der Waals surface area contributed by atoms with Crippen LogP contribution < -0.4 is 5.32 Å². The summed E-state index contributed by atoms with van der Waals surface area (Å²) in [6.45, 7) is 8.80. The van der Waals surface area contributed by atoms with Crippen LogP contribution in [0.2, 0.25) is 0 Å². The molecule has 26 heavy (non-hydrogen) atoms. The Kier molecular flexibility index (Phi) is 8.55. The van der Waals surface area contributed by atoms with Crippen molar-refractivity contribution >= 4 is 23.9 Å². The summed E-state index contributed by atoms with van der Waals surface area (Å²) >= 11 is 0. The first-order valence-corrected chi connectivity index (χ1v) is 8.73. The molecule has 1 N–H and O–H groups in total. The summed E-state index contributed by atoms with van der Waals surface area (Å²) in [5.41, 5.74) is 0.880. The fourth-order valence-corrected chi connectivity index (χ4v) is 2.56. The summed E-state index contributed by atoms with van der Waals surface area (Å²) in [5.74, 6) is -1.31. The molecule has 1 aromatic rings. The topological polar surface area (TPSA) is 75.7 Å². The highest BCUT2D eigenvalue weighted by molar-refractivity contribution is 5.94. The Morgan fingerprint density at radius 2 is 1.62 bits per heavy atom. The van der Waals surface area contributed by atoms with Crippen LogP contribution in [0.5, 0.6) is 0 Å². The molecule has 0 radical (unpaired) electrons. The maximum absolute atomic E-state index is 12.2. The van der Waals surface area contributed by atoms with Gasteiger partial charge in [-0.25, -0.2) is 4.79 Å². The molecule has 0 fully saturated rings. The van der Waals surface area contributed by atoms with Gasteiger partial charge in [0.1, 0.15) is 6.04 Å². The van der Waals surface area contributed by atoms with Crippen molar-refractivity contribution in [1.29, 1.82) is 0 Å². The van der Waals surface area contributed by atoms with Crippen molar-refractivity contribution in [2.45, 2.75) is 52.7 Å². The fourth-order valence-electron chi connectivity index (χ4n) is 2.56. The van der Waals surface area contributed by atoms with E-state index in [9.17, 15) is 14.4 Å². The Balaban J connectivity index is 2.48. The van der Waals surface area contributed by atoms with Crippen LogP contribution in [0.25, 0.3) is 6.08 Å². The lowest BCUT2D eigenvalue weighted by molar-refractivity contribution is -0.155. The molecule has 6 nitrogen and oxygen atoms in total. The Morgan fingerprint density at radius 3 is 2.15 bits per heavy atom. The third-order valence-corrected chi connectivity index (χ3v) is 3.68. The number of amides is 2. The Hall–Kier alpha value is -2.63. The summed E-state index contributed by atoms with van der Waals surface area (Å²) in [6, 6.07) is 8.53. The van der Waals surface area contributed by atoms with Gasteiger partial charge in [0, 0.05) is 18.2 Å². The number of hydrogen-bond donors (Lipinski definition) is 1. The first kappa shape index (κ1) is 21.4. The molecular weight excluding hydrogens is 332 g/mol. The summed E-state index contributed by atoms with van der Waals surface area (Å²) in [7, 11) is 0. The van der Waals surface area contributed by atoms with Crippen molar-refractivity contribution in [2.75, 3.05) is 6.61 Å². The van der Waals surface area contributed by atoms with E-state index in [-0.39, 0.29) is 24.6 Å². The monoisotopic (exact) mass is 360 g/mol. The molecule has 142 valence electrons. The molecule has 0 aliphatic heterocycles. The molecular formula is C20H28N2O4. The molecule has 6 heteroatoms. The lowest BCUT2D eigenvalue weighted by Gasteiger charge is -2.30. The predicted molar refractivity (Wildman–Crippen MR) is 101 cm³/mol. The second kappa shape index (κ2) is 10.4. The van der Waals surface area contributed by atoms with Gasteiger partial charge in [-0.1, -0.05) is 30.3 Å². The van der Waals surface area contributed by atoms with Crippen LogP contribution in [0.1, 0.15) is 40.2 Å². The maximum atomic E-state index is 12.2. The van der Waals surface area contributed by atoms with Crippen molar-refractivity contribution in [1.82, 2.24) is 10.2 Å². The quantitative estimate of drug-likeness (QED) is 0.570. The predicted octanol–water partition coefficient (Wildman–Crippen LogP) is 2.39. The van der Waals surface area contributed by atoms with E-state index >= 15 is 0 Å². The van der Waals surface area contributed by atoms with Gasteiger partial charge in [-0.2, -0.15) is 0 Å². The van der Waals surface area contributed by atoms with Crippen LogP contribution in [-0.2, 0) is 19.1 Å². The zero-order valence-corrected chi connectivity index (χ0v) is 16.1. The Bertz CT molecular complexity index is 630. The zero-order chi connectivity index (χ0) is 19.7. The third kappa shape index (κ3) is 7.09. The number of nitrogens with zero attached hydrogens (tertiary/aromatic N) is 1. The van der Waals surface area contributed by atoms with Crippen LogP contribution in [0.3, 0.4) is 0 Å². The van der Waals surface area contributed by atoms with Gasteiger partial charge < -0.3 is 15.0 Å². The molecule has 1 aromatic carbocycles. The van der Waals surface area contributed by atoms with Crippen LogP contribution in [-0.4, -0.2) is 47.4 Å². The summed E-state index contributed by atoms with van der Waals surface area (Å²) in [5, 5.41) is 2.52. The highest BCUT2D eigenvalue weighted by atomic mass is 16.5. The molecule has 0 saturated heterocycles. The fraction of sp³-hybridized carbons (Fsp3) is 0.450. The van der Waals surface area contributed by atoms with Gasteiger partial charge in [0.25, 0.3) is 5.91 Å². The van der Waals surface area contributed by atoms with E-state index in [1.165, 1.54) is 13.0 Å². The molecule has 0 aliphatic carbocycles. The highest BCUT2D eigenvalue weighted by Crippen LogP contribution is 2.06. The average Bonchev–Trinajstić information content (AvgIpc) is 2.58. The van der Waals surface area contributed by atoms with E-state index in [0.717, 1.165) is 5.56 Å². The van der Waals surface area contributed by atoms with Crippen LogP contribution >= 0.6 is 0 Å². The van der Waals surface area contributed by atoms with E-state index in [4.69, 9.17) is 4.74 Å². The number of benzene rings is 1. The SMILES string of the molecule is CC(C)N(C(=O)COC(=O)[C@H](C)NC(=O)/C=C/c1ccccc1)C(C)C. The number of carbonyl (C=O) groups excluding carboxylic acids is 3. The van der Waals surface area contributed by atoms with Crippen molar-refractivity contribution < 1.29 is 19.1 Å². The van der Waals surface area contributed by atoms with Gasteiger partial charge >= 0.3 is 5.97 Å². The average molecular weight is 360 g/mol. The van der Waals surface area contributed by atoms with E-state index < -0.39 is 17.9 Å². The van der Waals surface area contributed by atoms with E-state index in [1.807, 2.05) is 58.0 Å². The molecule has 0 spiro atoms. The minimum absolute atomic E-state index is 0.0152. The van der Waals surface area contributed by atoms with Crippen molar-refractivity contribution in [3.05, 3.63) is 42.0 Å². The second-order valence-electron chi connectivity index (χ2n) is 6.57. The lowest BCUT2D eigenvalue weighted by atomic mass is 10.2. The number of hydrogen-bond acceptors (Lipinski definition) is 4. The minimum atomic E-state index is -0.845. The molecule has 0 unspecified atom stereocenters. The number of nitrogens with one attached hydrogen (secondary N) is 1. The first-order valence-electron chi connectivity index (χ1n) is 8.73. The lowest BCUT2D eigenvalue weighted by Crippen LogP contribution is -2.45. The smallest absolute Gasteiger partial charge is 0.328 e. The van der Waals surface area contributed by atoms with Gasteiger partial charge in [-0.05, 0) is 46.3 Å². The summed E-state index contributed by atoms with van der Waals surface area (Å²) in [6.07, 6.45) is 3.00. The van der Waals surface area contributed by atoms with Gasteiger partial charge in [0.05, 0.1) is 0 Å². The van der Waals surface area contributed by atoms with Gasteiger partial charge in [0.2, 0.25) is 5.91 Å². The minimum Gasteiger partial charge on any atom is -0.454 e. The van der Waals surface area contributed by atoms with Crippen molar-refractivity contribution in [3.63, 3.8) is 0 Å². The molecule has 0 bridgehead atoms. The highest BCUT2D eigenvalue weighted by Gasteiger charge is 2.23. The van der Waals surface area contributed by atoms with Gasteiger partial charge in [0.15, 0.2) is 6.61 Å². The number of rotatable bonds is 8. The first-order chi connectivity index (χ1) is 12.2. The van der Waals surface area contributed by atoms with Crippen molar-refractivity contribution in [2.24, 2.45) is 0 Å². The zero-order valence-electron chi connectivity index (χ0n) is 16.1. The third-order valence-electron chi connectivity index (χ3n) is 3.68. The van der Waals surface area contributed by atoms with Crippen LogP contribution in [0, 0.1) is 0 Å². The van der Waals surface area contributed by atoms with Crippen LogP contribution in [0.15, 0.2) is 36.4 Å². The molecule has 2 amide bonds. The summed E-state index contributed by atoms with van der Waals surface area (Å²) in [4.78, 5) is 37.7. The number of ether oxygens (including phenoxy) is 1. The molecule has 1 rings (SSSR count). The van der Waals surface area contributed by atoms with Gasteiger partial charge in [-0.3, -0.25) is 9.59 Å². The van der Waals surface area contributed by atoms with Gasteiger partial charge in [-0.15, -0.1) is 0 Å². The second-order valence-corrected chi connectivity index (χ2v) is 6.57. The number of carbonyl (C=O) groups is 3. The molecule has 0 saturated carbocycles. The normalized spacial score (nSPS) is 12.3. The van der Waals surface area contributed by atoms with E-state index in [2.05, 4.69) is 5.32 Å². The molecule has 0 aromatic heterocycles. The summed E-state index contributed by atoms with van der Waals surface area (Å²) < 4.78 is 5.04. The molecule has 1 atom stereocenters. The van der Waals surface area contributed by atoms with Crippen LogP contribution in [0.4, 0.5) is 0 Å². The van der Waals surface area contributed by atoms with Crippen molar-refractivity contribution in [3.8, 4) is 0 Å². The number of esters is 1. The molecule has 0 heterocycles. The molecule has 0 aliphatic rings. The standard InChI is InChI=1S/C20H28N2O4/c1-14(2)22(15(3)4)19(24)13-26-20(25)16(5)21-18(23)12-11-17-9-7-6-8-10-17/h6-12,14-16H,13H2,1-5H3,(H,21,23)/b12-11+/t16-/m0/s1. The maximum Gasteiger partial charge on any atom is 0.328 e. The van der Waals surface area contributed by atoms with E-state index in [0.29, 0.717) is 0 Å². The largest absolute Gasteiger partial charge is 0.454 e. The Morgan fingerprint density at radius 1 is 1.04 bits per heavy atom.